The predicted molar refractivity (Wildman–Crippen MR) is 90.5 cm³/mol. The molecule has 0 bridgehead atoms. The van der Waals surface area contributed by atoms with Gasteiger partial charge in [-0.15, -0.1) is 0 Å². The first-order valence-corrected chi connectivity index (χ1v) is 8.12. The van der Waals surface area contributed by atoms with Gasteiger partial charge in [0, 0.05) is 23.8 Å². The third-order valence-electron chi connectivity index (χ3n) is 4.35. The molecule has 4 nitrogen and oxygen atoms in total. The minimum atomic E-state index is -0.0335. The molecule has 1 aromatic rings. The van der Waals surface area contributed by atoms with E-state index in [1.807, 2.05) is 19.9 Å². The minimum absolute atomic E-state index is 0.0335. The molecule has 2 rings (SSSR count). The van der Waals surface area contributed by atoms with Gasteiger partial charge in [0.1, 0.15) is 0 Å². The Morgan fingerprint density at radius 2 is 2.10 bits per heavy atom. The molecule has 0 unspecified atom stereocenters. The molecule has 0 amide bonds. The van der Waals surface area contributed by atoms with Crippen molar-refractivity contribution in [3.8, 4) is 0 Å². The fraction of sp³-hybridized carbons (Fsp3) is 0.625. The summed E-state index contributed by atoms with van der Waals surface area (Å²) in [7, 11) is 0. The van der Waals surface area contributed by atoms with Crippen molar-refractivity contribution in [2.75, 3.05) is 0 Å². The third kappa shape index (κ3) is 4.30. The Bertz CT molecular complexity index is 567. The van der Waals surface area contributed by atoms with Crippen LogP contribution < -0.4 is 16.2 Å². The Morgan fingerprint density at radius 3 is 2.76 bits per heavy atom. The second-order valence-corrected chi connectivity index (χ2v) is 6.55. The van der Waals surface area contributed by atoms with E-state index < -0.39 is 0 Å². The number of aromatic amines is 1. The number of rotatable bonds is 3. The minimum Gasteiger partial charge on any atom is -0.360 e. The van der Waals surface area contributed by atoms with Gasteiger partial charge in [0.15, 0.2) is 5.11 Å². The van der Waals surface area contributed by atoms with Gasteiger partial charge in [-0.25, -0.2) is 0 Å². The van der Waals surface area contributed by atoms with Crippen LogP contribution in [0.5, 0.6) is 0 Å². The molecule has 0 aromatic carbocycles. The maximum atomic E-state index is 12.0. The molecule has 1 aliphatic carbocycles. The molecule has 0 spiro atoms. The molecule has 1 fully saturated rings. The van der Waals surface area contributed by atoms with Crippen LogP contribution in [-0.2, 0) is 6.54 Å². The number of aryl methyl sites for hydroxylation is 2. The lowest BCUT2D eigenvalue weighted by molar-refractivity contribution is 0.308. The summed E-state index contributed by atoms with van der Waals surface area (Å²) >= 11 is 5.36. The van der Waals surface area contributed by atoms with E-state index in [4.69, 9.17) is 12.2 Å². The maximum Gasteiger partial charge on any atom is 0.253 e. The SMILES string of the molecule is Cc1cc(C)c(CNC(=S)N[C@H]2CCCC[C@@H]2C)c(=O)[nH]1. The topological polar surface area (TPSA) is 56.9 Å². The summed E-state index contributed by atoms with van der Waals surface area (Å²) in [5.74, 6) is 0.656. The smallest absolute Gasteiger partial charge is 0.253 e. The molecule has 21 heavy (non-hydrogen) atoms. The van der Waals surface area contributed by atoms with E-state index >= 15 is 0 Å². The molecule has 116 valence electrons. The van der Waals surface area contributed by atoms with Gasteiger partial charge in [0.25, 0.3) is 5.56 Å². The molecule has 1 heterocycles. The summed E-state index contributed by atoms with van der Waals surface area (Å²) in [6.45, 7) is 6.59. The number of thiocarbonyl (C=S) groups is 1. The van der Waals surface area contributed by atoms with Gasteiger partial charge >= 0.3 is 0 Å². The fourth-order valence-corrected chi connectivity index (χ4v) is 3.24. The Labute approximate surface area is 131 Å². The van der Waals surface area contributed by atoms with E-state index in [-0.39, 0.29) is 5.56 Å². The van der Waals surface area contributed by atoms with Crippen LogP contribution in [0.2, 0.25) is 0 Å². The Hall–Kier alpha value is -1.36. The van der Waals surface area contributed by atoms with E-state index in [0.717, 1.165) is 16.8 Å². The normalized spacial score (nSPS) is 21.9. The predicted octanol–water partition coefficient (Wildman–Crippen LogP) is 2.53. The summed E-state index contributed by atoms with van der Waals surface area (Å²) < 4.78 is 0. The van der Waals surface area contributed by atoms with Crippen molar-refractivity contribution in [2.45, 2.75) is 59.0 Å². The molecule has 1 aliphatic rings. The van der Waals surface area contributed by atoms with Gasteiger partial charge in [-0.2, -0.15) is 0 Å². The van der Waals surface area contributed by atoms with Crippen LogP contribution in [0.15, 0.2) is 10.9 Å². The Balaban J connectivity index is 1.91. The summed E-state index contributed by atoms with van der Waals surface area (Å²) in [4.78, 5) is 14.8. The standard InChI is InChI=1S/C16H25N3OS/c1-10-6-4-5-7-14(10)19-16(21)17-9-13-11(2)8-12(3)18-15(13)20/h8,10,14H,4-7,9H2,1-3H3,(H,18,20)(H2,17,19,21)/t10-,14-/m0/s1. The fourth-order valence-electron chi connectivity index (χ4n) is 3.02. The zero-order valence-electron chi connectivity index (χ0n) is 13.1. The number of hydrogen-bond donors (Lipinski definition) is 3. The lowest BCUT2D eigenvalue weighted by Crippen LogP contribution is -2.46. The van der Waals surface area contributed by atoms with Crippen LogP contribution in [0.3, 0.4) is 0 Å². The lowest BCUT2D eigenvalue weighted by Gasteiger charge is -2.30. The lowest BCUT2D eigenvalue weighted by atomic mass is 9.86. The van der Waals surface area contributed by atoms with Gasteiger partial charge in [-0.05, 0) is 56.5 Å². The highest BCUT2D eigenvalue weighted by Gasteiger charge is 2.21. The second kappa shape index (κ2) is 7.07. The Morgan fingerprint density at radius 1 is 1.38 bits per heavy atom. The second-order valence-electron chi connectivity index (χ2n) is 6.14. The molecule has 3 N–H and O–H groups in total. The van der Waals surface area contributed by atoms with Crippen LogP contribution in [0.25, 0.3) is 0 Å². The van der Waals surface area contributed by atoms with Crippen molar-refractivity contribution < 1.29 is 0 Å². The molecule has 1 saturated carbocycles. The molecule has 0 saturated heterocycles. The van der Waals surface area contributed by atoms with Gasteiger partial charge in [-0.1, -0.05) is 19.8 Å². The van der Waals surface area contributed by atoms with Gasteiger partial charge in [0.2, 0.25) is 0 Å². The first-order chi connectivity index (χ1) is 9.97. The summed E-state index contributed by atoms with van der Waals surface area (Å²) in [6.07, 6.45) is 5.02. The van der Waals surface area contributed by atoms with Gasteiger partial charge in [0.05, 0.1) is 0 Å². The quantitative estimate of drug-likeness (QED) is 0.751. The Kier molecular flexibility index (Phi) is 5.39. The van der Waals surface area contributed by atoms with Crippen molar-refractivity contribution in [3.63, 3.8) is 0 Å². The van der Waals surface area contributed by atoms with E-state index in [1.165, 1.54) is 25.7 Å². The number of hydrogen-bond acceptors (Lipinski definition) is 2. The first-order valence-electron chi connectivity index (χ1n) is 7.71. The van der Waals surface area contributed by atoms with Crippen LogP contribution in [0.4, 0.5) is 0 Å². The van der Waals surface area contributed by atoms with Crippen molar-refractivity contribution in [2.24, 2.45) is 5.92 Å². The zero-order chi connectivity index (χ0) is 15.4. The number of aromatic nitrogens is 1. The molecule has 5 heteroatoms. The highest BCUT2D eigenvalue weighted by molar-refractivity contribution is 7.80. The van der Waals surface area contributed by atoms with Gasteiger partial charge < -0.3 is 15.6 Å². The number of H-pyrrole nitrogens is 1. The third-order valence-corrected chi connectivity index (χ3v) is 4.61. The largest absolute Gasteiger partial charge is 0.360 e. The molecule has 2 atom stereocenters. The van der Waals surface area contributed by atoms with Crippen molar-refractivity contribution >= 4 is 17.3 Å². The monoisotopic (exact) mass is 307 g/mol. The molecular weight excluding hydrogens is 282 g/mol. The van der Waals surface area contributed by atoms with Crippen molar-refractivity contribution in [3.05, 3.63) is 33.2 Å². The summed E-state index contributed by atoms with van der Waals surface area (Å²) in [5, 5.41) is 7.21. The number of nitrogens with one attached hydrogen (secondary N) is 3. The van der Waals surface area contributed by atoms with E-state index in [9.17, 15) is 4.79 Å². The maximum absolute atomic E-state index is 12.0. The van der Waals surface area contributed by atoms with Crippen molar-refractivity contribution in [1.29, 1.82) is 0 Å². The van der Waals surface area contributed by atoms with E-state index in [2.05, 4.69) is 22.5 Å². The summed E-state index contributed by atoms with van der Waals surface area (Å²) in [5.41, 5.74) is 2.60. The van der Waals surface area contributed by atoms with Crippen LogP contribution in [-0.4, -0.2) is 16.1 Å². The average Bonchev–Trinajstić information content (AvgIpc) is 2.40. The molecule has 0 radical (unpaired) electrons. The van der Waals surface area contributed by atoms with Gasteiger partial charge in [-0.3, -0.25) is 4.79 Å². The highest BCUT2D eigenvalue weighted by Crippen LogP contribution is 2.23. The zero-order valence-corrected chi connectivity index (χ0v) is 13.9. The van der Waals surface area contributed by atoms with Crippen LogP contribution in [0, 0.1) is 19.8 Å². The van der Waals surface area contributed by atoms with Crippen LogP contribution in [0.1, 0.15) is 49.4 Å². The number of pyridine rings is 1. The molecule has 1 aromatic heterocycles. The van der Waals surface area contributed by atoms with E-state index in [0.29, 0.717) is 23.6 Å². The molecular formula is C16H25N3OS. The van der Waals surface area contributed by atoms with Crippen LogP contribution >= 0.6 is 12.2 Å². The average molecular weight is 307 g/mol. The first kappa shape index (κ1) is 16.0. The summed E-state index contributed by atoms with van der Waals surface area (Å²) in [6, 6.07) is 2.44. The molecule has 0 aliphatic heterocycles. The van der Waals surface area contributed by atoms with E-state index in [1.54, 1.807) is 0 Å². The van der Waals surface area contributed by atoms with Crippen molar-refractivity contribution in [1.82, 2.24) is 15.6 Å². The highest BCUT2D eigenvalue weighted by atomic mass is 32.1.